The Hall–Kier alpha value is -3.33. The van der Waals surface area contributed by atoms with Gasteiger partial charge in [0.25, 0.3) is 11.5 Å². The van der Waals surface area contributed by atoms with Crippen LogP contribution in [0.2, 0.25) is 0 Å². The largest absolute Gasteiger partial charge is 0.368 e. The molecule has 0 spiro atoms. The summed E-state index contributed by atoms with van der Waals surface area (Å²) in [6.07, 6.45) is 4.85. The average molecular weight is 479 g/mol. The van der Waals surface area contributed by atoms with Crippen LogP contribution >= 0.6 is 0 Å². The molecule has 1 amide bonds. The van der Waals surface area contributed by atoms with Gasteiger partial charge in [-0.2, -0.15) is 0 Å². The van der Waals surface area contributed by atoms with Crippen LogP contribution in [-0.2, 0) is 0 Å². The summed E-state index contributed by atoms with van der Waals surface area (Å²) in [7, 11) is 0. The summed E-state index contributed by atoms with van der Waals surface area (Å²) in [6, 6.07) is 9.91. The van der Waals surface area contributed by atoms with Crippen LogP contribution in [0.25, 0.3) is 10.9 Å². The second-order valence-electron chi connectivity index (χ2n) is 9.51. The molecule has 184 valence electrons. The number of nitrogens with zero attached hydrogens (tertiary/aromatic N) is 4. The Labute approximate surface area is 203 Å². The standard InChI is InChI=1S/C26H31FN6O2/c1-17-2-6-22-21(14-17)25(34)31-24(30-22)18-3-4-19(15-18)32-10-12-33(13-11-32)20-5-7-23(29-16-20)26(35)28-9-8-27/h2,5-7,14,16,18-19H,3-4,8-13,15H2,1H3,(H,28,35)(H,30,31,34)/t18-,19+/m1/s1. The zero-order chi connectivity index (χ0) is 24.4. The number of aromatic amines is 1. The predicted molar refractivity (Wildman–Crippen MR) is 134 cm³/mol. The summed E-state index contributed by atoms with van der Waals surface area (Å²) in [5.41, 5.74) is 3.07. The number of carbonyl (C=O) groups excluding carboxylic acids is 1. The summed E-state index contributed by atoms with van der Waals surface area (Å²) >= 11 is 0. The van der Waals surface area contributed by atoms with Crippen LogP contribution in [0.15, 0.2) is 41.3 Å². The minimum atomic E-state index is -0.591. The third-order valence-electron chi connectivity index (χ3n) is 7.23. The van der Waals surface area contributed by atoms with Gasteiger partial charge in [0.05, 0.1) is 22.8 Å². The van der Waals surface area contributed by atoms with Crippen molar-refractivity contribution in [3.63, 3.8) is 0 Å². The van der Waals surface area contributed by atoms with Crippen molar-refractivity contribution in [1.29, 1.82) is 0 Å². The van der Waals surface area contributed by atoms with Crippen molar-refractivity contribution >= 4 is 22.5 Å². The molecular formula is C26H31FN6O2. The molecule has 2 atom stereocenters. The fourth-order valence-corrected chi connectivity index (χ4v) is 5.31. The van der Waals surface area contributed by atoms with E-state index in [1.165, 1.54) is 0 Å². The molecule has 0 unspecified atom stereocenters. The van der Waals surface area contributed by atoms with E-state index in [1.54, 1.807) is 12.3 Å². The molecular weight excluding hydrogens is 447 g/mol. The van der Waals surface area contributed by atoms with Crippen molar-refractivity contribution < 1.29 is 9.18 Å². The summed E-state index contributed by atoms with van der Waals surface area (Å²) in [4.78, 5) is 41.5. The molecule has 3 aromatic rings. The number of aromatic nitrogens is 3. The molecule has 3 heterocycles. The molecule has 1 aliphatic heterocycles. The summed E-state index contributed by atoms with van der Waals surface area (Å²) < 4.78 is 12.2. The Bertz CT molecular complexity index is 1250. The van der Waals surface area contributed by atoms with Gasteiger partial charge >= 0.3 is 0 Å². The summed E-state index contributed by atoms with van der Waals surface area (Å²) in [5, 5.41) is 3.15. The predicted octanol–water partition coefficient (Wildman–Crippen LogP) is 2.78. The first kappa shape index (κ1) is 23.4. The monoisotopic (exact) mass is 478 g/mol. The van der Waals surface area contributed by atoms with E-state index in [9.17, 15) is 14.0 Å². The minimum Gasteiger partial charge on any atom is -0.368 e. The molecule has 1 aromatic carbocycles. The fraction of sp³-hybridized carbons (Fsp3) is 0.462. The van der Waals surface area contributed by atoms with Gasteiger partial charge in [-0.1, -0.05) is 11.6 Å². The maximum Gasteiger partial charge on any atom is 0.269 e. The Morgan fingerprint density at radius 1 is 1.17 bits per heavy atom. The maximum atomic E-state index is 12.6. The molecule has 35 heavy (non-hydrogen) atoms. The zero-order valence-corrected chi connectivity index (χ0v) is 20.0. The van der Waals surface area contributed by atoms with Gasteiger partial charge in [0.15, 0.2) is 0 Å². The Kier molecular flexibility index (Phi) is 6.77. The minimum absolute atomic E-state index is 0.00104. The molecule has 5 rings (SSSR count). The van der Waals surface area contributed by atoms with Crippen molar-refractivity contribution in [3.8, 4) is 0 Å². The number of hydrogen-bond acceptors (Lipinski definition) is 6. The number of piperazine rings is 1. The Morgan fingerprint density at radius 2 is 2.00 bits per heavy atom. The molecule has 2 N–H and O–H groups in total. The number of hydrogen-bond donors (Lipinski definition) is 2. The van der Waals surface area contributed by atoms with Gasteiger partial charge in [-0.25, -0.2) is 14.4 Å². The first-order valence-electron chi connectivity index (χ1n) is 12.3. The molecule has 1 aliphatic carbocycles. The van der Waals surface area contributed by atoms with Crippen molar-refractivity contribution in [2.75, 3.05) is 44.3 Å². The number of fused-ring (bicyclic) bond motifs is 1. The molecule has 1 saturated heterocycles. The molecule has 0 bridgehead atoms. The van der Waals surface area contributed by atoms with Crippen LogP contribution in [-0.4, -0.2) is 71.2 Å². The van der Waals surface area contributed by atoms with E-state index >= 15 is 0 Å². The molecule has 2 aromatic heterocycles. The number of rotatable bonds is 6. The number of aryl methyl sites for hydroxylation is 1. The van der Waals surface area contributed by atoms with Gasteiger partial charge < -0.3 is 15.2 Å². The third-order valence-corrected chi connectivity index (χ3v) is 7.23. The normalized spacial score (nSPS) is 20.9. The van der Waals surface area contributed by atoms with Crippen LogP contribution in [0, 0.1) is 6.92 Å². The zero-order valence-electron chi connectivity index (χ0n) is 20.0. The molecule has 9 heteroatoms. The molecule has 8 nitrogen and oxygen atoms in total. The molecule has 2 fully saturated rings. The maximum absolute atomic E-state index is 12.6. The SMILES string of the molecule is Cc1ccc2nc([C@@H]3CC[C@H](N4CCN(c5ccc(C(=O)NCCF)nc5)CC4)C3)[nH]c(=O)c2c1. The Morgan fingerprint density at radius 3 is 2.74 bits per heavy atom. The lowest BCUT2D eigenvalue weighted by molar-refractivity contribution is 0.0946. The van der Waals surface area contributed by atoms with E-state index in [-0.39, 0.29) is 23.9 Å². The molecule has 2 aliphatic rings. The van der Waals surface area contributed by atoms with Crippen LogP contribution < -0.4 is 15.8 Å². The van der Waals surface area contributed by atoms with E-state index in [0.29, 0.717) is 17.1 Å². The number of halogens is 1. The van der Waals surface area contributed by atoms with E-state index in [4.69, 9.17) is 4.98 Å². The second-order valence-corrected chi connectivity index (χ2v) is 9.51. The number of carbonyl (C=O) groups is 1. The lowest BCUT2D eigenvalue weighted by Gasteiger charge is -2.39. The lowest BCUT2D eigenvalue weighted by Crippen LogP contribution is -2.49. The highest BCUT2D eigenvalue weighted by Gasteiger charge is 2.33. The van der Waals surface area contributed by atoms with E-state index < -0.39 is 6.67 Å². The van der Waals surface area contributed by atoms with Crippen LogP contribution in [0.4, 0.5) is 10.1 Å². The highest BCUT2D eigenvalue weighted by molar-refractivity contribution is 5.92. The molecule has 1 saturated carbocycles. The summed E-state index contributed by atoms with van der Waals surface area (Å²) in [6.45, 7) is 5.08. The number of H-pyrrole nitrogens is 1. The highest BCUT2D eigenvalue weighted by Crippen LogP contribution is 2.36. The number of nitrogens with one attached hydrogen (secondary N) is 2. The van der Waals surface area contributed by atoms with Crippen LogP contribution in [0.3, 0.4) is 0 Å². The second kappa shape index (κ2) is 10.1. The molecule has 0 radical (unpaired) electrons. The average Bonchev–Trinajstić information content (AvgIpc) is 3.38. The first-order valence-corrected chi connectivity index (χ1v) is 12.3. The van der Waals surface area contributed by atoms with Crippen molar-refractivity contribution in [3.05, 3.63) is 64.0 Å². The van der Waals surface area contributed by atoms with Gasteiger partial charge in [0, 0.05) is 44.7 Å². The van der Waals surface area contributed by atoms with Crippen molar-refractivity contribution in [2.45, 2.75) is 38.1 Å². The van der Waals surface area contributed by atoms with Crippen molar-refractivity contribution in [1.82, 2.24) is 25.2 Å². The fourth-order valence-electron chi connectivity index (χ4n) is 5.31. The lowest BCUT2D eigenvalue weighted by atomic mass is 10.1. The van der Waals surface area contributed by atoms with Gasteiger partial charge in [0.2, 0.25) is 0 Å². The van der Waals surface area contributed by atoms with Gasteiger partial charge in [-0.3, -0.25) is 14.5 Å². The summed E-state index contributed by atoms with van der Waals surface area (Å²) in [5.74, 6) is 0.734. The van der Waals surface area contributed by atoms with E-state index in [2.05, 4.69) is 25.1 Å². The topological polar surface area (TPSA) is 94.2 Å². The Balaban J connectivity index is 1.17. The van der Waals surface area contributed by atoms with Gasteiger partial charge in [-0.05, 0) is 50.5 Å². The quantitative estimate of drug-likeness (QED) is 0.566. The number of anilines is 1. The highest BCUT2D eigenvalue weighted by atomic mass is 19.1. The van der Waals surface area contributed by atoms with Gasteiger partial charge in [0.1, 0.15) is 18.2 Å². The number of pyridine rings is 1. The number of amides is 1. The first-order chi connectivity index (χ1) is 17.0. The van der Waals surface area contributed by atoms with Crippen molar-refractivity contribution in [2.24, 2.45) is 0 Å². The number of benzene rings is 1. The van der Waals surface area contributed by atoms with Crippen LogP contribution in [0.1, 0.15) is 47.1 Å². The van der Waals surface area contributed by atoms with Gasteiger partial charge in [-0.15, -0.1) is 0 Å². The third kappa shape index (κ3) is 5.05. The smallest absolute Gasteiger partial charge is 0.269 e. The van der Waals surface area contributed by atoms with E-state index in [0.717, 1.165) is 68.0 Å². The van der Waals surface area contributed by atoms with E-state index in [1.807, 2.05) is 31.2 Å². The number of alkyl halides is 1. The van der Waals surface area contributed by atoms with Crippen LogP contribution in [0.5, 0.6) is 0 Å².